The number of carboxylic acid groups (broad SMARTS) is 1. The number of nitriles is 1. The Morgan fingerprint density at radius 3 is 2.78 bits per heavy atom. The zero-order chi connectivity index (χ0) is 17.0. The van der Waals surface area contributed by atoms with E-state index in [9.17, 15) is 4.79 Å². The van der Waals surface area contributed by atoms with Gasteiger partial charge < -0.3 is 10.0 Å². The molecule has 120 valence electrons. The molecule has 6 heteroatoms. The maximum atomic E-state index is 11.0. The molecule has 0 radical (unpaired) electrons. The van der Waals surface area contributed by atoms with E-state index in [-0.39, 0.29) is 13.1 Å². The molecule has 2 rings (SSSR count). The van der Waals surface area contributed by atoms with Gasteiger partial charge in [0, 0.05) is 17.5 Å². The molecule has 0 saturated carbocycles. The van der Waals surface area contributed by atoms with Gasteiger partial charge in [0.15, 0.2) is 5.13 Å². The second-order valence-electron chi connectivity index (χ2n) is 5.59. The summed E-state index contributed by atoms with van der Waals surface area (Å²) in [4.78, 5) is 17.3. The highest BCUT2D eigenvalue weighted by molar-refractivity contribution is 7.14. The largest absolute Gasteiger partial charge is 0.481 e. The summed E-state index contributed by atoms with van der Waals surface area (Å²) in [6.07, 6.45) is 0. The highest BCUT2D eigenvalue weighted by Gasteiger charge is 2.19. The van der Waals surface area contributed by atoms with Gasteiger partial charge in [-0.2, -0.15) is 5.26 Å². The van der Waals surface area contributed by atoms with Crippen LogP contribution >= 0.6 is 11.3 Å². The minimum absolute atomic E-state index is 0.123. The molecule has 0 fully saturated rings. The van der Waals surface area contributed by atoms with Crippen molar-refractivity contribution in [2.24, 2.45) is 5.92 Å². The Kier molecular flexibility index (Phi) is 5.35. The van der Waals surface area contributed by atoms with Crippen LogP contribution in [-0.2, 0) is 4.79 Å². The van der Waals surface area contributed by atoms with Crippen LogP contribution in [0.5, 0.6) is 0 Å². The quantitative estimate of drug-likeness (QED) is 0.821. The summed E-state index contributed by atoms with van der Waals surface area (Å²) < 4.78 is 0. The van der Waals surface area contributed by atoms with E-state index >= 15 is 0 Å². The first-order chi connectivity index (χ1) is 10.9. The number of carbonyl (C=O) groups is 1. The zero-order valence-electron chi connectivity index (χ0n) is 13.4. The highest BCUT2D eigenvalue weighted by Crippen LogP contribution is 2.29. The van der Waals surface area contributed by atoms with Crippen LogP contribution in [0.15, 0.2) is 23.6 Å². The Morgan fingerprint density at radius 1 is 1.43 bits per heavy atom. The molecule has 0 aliphatic rings. The minimum Gasteiger partial charge on any atom is -0.481 e. The molecule has 1 aromatic carbocycles. The Hall–Kier alpha value is -2.39. The van der Waals surface area contributed by atoms with Crippen LogP contribution in [0.1, 0.15) is 18.1 Å². The first-order valence-corrected chi connectivity index (χ1v) is 8.18. The Balaban J connectivity index is 2.25. The molecule has 0 amide bonds. The lowest BCUT2D eigenvalue weighted by Crippen LogP contribution is -2.32. The monoisotopic (exact) mass is 329 g/mol. The third kappa shape index (κ3) is 4.08. The lowest BCUT2D eigenvalue weighted by Gasteiger charge is -2.20. The molecule has 1 aromatic heterocycles. The molecule has 5 nitrogen and oxygen atoms in total. The smallest absolute Gasteiger partial charge is 0.308 e. The lowest BCUT2D eigenvalue weighted by atomic mass is 10.1. The molecule has 0 spiro atoms. The Bertz CT molecular complexity index is 749. The fourth-order valence-corrected chi connectivity index (χ4v) is 2.99. The van der Waals surface area contributed by atoms with E-state index in [4.69, 9.17) is 10.4 Å². The van der Waals surface area contributed by atoms with E-state index in [0.29, 0.717) is 5.13 Å². The second kappa shape index (κ2) is 7.25. The van der Waals surface area contributed by atoms with Crippen molar-refractivity contribution < 1.29 is 9.90 Å². The van der Waals surface area contributed by atoms with Gasteiger partial charge in [-0.05, 0) is 31.0 Å². The molecule has 23 heavy (non-hydrogen) atoms. The molecular formula is C17H19N3O2S. The lowest BCUT2D eigenvalue weighted by molar-refractivity contribution is -0.140. The predicted molar refractivity (Wildman–Crippen MR) is 91.6 cm³/mol. The number of nitrogens with zero attached hydrogens (tertiary/aromatic N) is 3. The van der Waals surface area contributed by atoms with Gasteiger partial charge in [0.2, 0.25) is 0 Å². The first kappa shape index (κ1) is 17.0. The third-order valence-electron chi connectivity index (χ3n) is 3.74. The summed E-state index contributed by atoms with van der Waals surface area (Å²) in [5.74, 6) is -1.43. The van der Waals surface area contributed by atoms with Crippen LogP contribution in [0.25, 0.3) is 11.3 Å². The van der Waals surface area contributed by atoms with Crippen LogP contribution in [0.4, 0.5) is 5.13 Å². The summed E-state index contributed by atoms with van der Waals surface area (Å²) in [5.41, 5.74) is 4.30. The van der Waals surface area contributed by atoms with Gasteiger partial charge >= 0.3 is 5.97 Å². The standard InChI is InChI=1S/C17H19N3O2S/c1-11-4-5-14(8-12(11)2)15-10-23-17(19-15)20(7-6-18)9-13(3)16(21)22/h4-5,8,10,13H,7,9H2,1-3H3,(H,21,22). The second-order valence-corrected chi connectivity index (χ2v) is 6.43. The number of carboxylic acids is 1. The molecule has 1 atom stereocenters. The van der Waals surface area contributed by atoms with E-state index in [2.05, 4.69) is 37.0 Å². The van der Waals surface area contributed by atoms with E-state index in [1.165, 1.54) is 22.5 Å². The van der Waals surface area contributed by atoms with Crippen molar-refractivity contribution in [3.63, 3.8) is 0 Å². The maximum absolute atomic E-state index is 11.0. The predicted octanol–water partition coefficient (Wildman–Crippen LogP) is 3.48. The maximum Gasteiger partial charge on any atom is 0.308 e. The van der Waals surface area contributed by atoms with Crippen molar-refractivity contribution in [3.8, 4) is 17.3 Å². The van der Waals surface area contributed by atoms with Crippen LogP contribution in [0, 0.1) is 31.1 Å². The topological polar surface area (TPSA) is 77.2 Å². The van der Waals surface area contributed by atoms with E-state index in [0.717, 1.165) is 11.3 Å². The van der Waals surface area contributed by atoms with E-state index in [1.54, 1.807) is 11.8 Å². The number of benzene rings is 1. The first-order valence-electron chi connectivity index (χ1n) is 7.30. The van der Waals surface area contributed by atoms with Crippen molar-refractivity contribution >= 4 is 22.4 Å². The number of aliphatic carboxylic acids is 1. The molecule has 1 heterocycles. The Morgan fingerprint density at radius 2 is 2.17 bits per heavy atom. The van der Waals surface area contributed by atoms with Gasteiger partial charge in [0.1, 0.15) is 6.54 Å². The number of hydrogen-bond donors (Lipinski definition) is 1. The van der Waals surface area contributed by atoms with E-state index in [1.807, 2.05) is 11.4 Å². The summed E-state index contributed by atoms with van der Waals surface area (Å²) in [6.45, 7) is 6.14. The SMILES string of the molecule is Cc1ccc(-c2csc(N(CC#N)CC(C)C(=O)O)n2)cc1C. The molecule has 0 aliphatic heterocycles. The average Bonchev–Trinajstić information content (AvgIpc) is 2.99. The molecule has 0 bridgehead atoms. The fourth-order valence-electron chi connectivity index (χ4n) is 2.15. The number of thiazole rings is 1. The summed E-state index contributed by atoms with van der Waals surface area (Å²) in [7, 11) is 0. The normalized spacial score (nSPS) is 11.7. The third-order valence-corrected chi connectivity index (χ3v) is 4.64. The molecule has 0 saturated heterocycles. The summed E-state index contributed by atoms with van der Waals surface area (Å²) in [6, 6.07) is 8.24. The van der Waals surface area contributed by atoms with Crippen molar-refractivity contribution in [2.45, 2.75) is 20.8 Å². The zero-order valence-corrected chi connectivity index (χ0v) is 14.2. The van der Waals surface area contributed by atoms with Crippen LogP contribution in [0.3, 0.4) is 0 Å². The molecule has 2 aromatic rings. The van der Waals surface area contributed by atoms with Gasteiger partial charge in [-0.1, -0.05) is 19.1 Å². The van der Waals surface area contributed by atoms with Crippen LogP contribution in [-0.4, -0.2) is 29.1 Å². The van der Waals surface area contributed by atoms with Crippen molar-refractivity contribution in [2.75, 3.05) is 18.0 Å². The molecule has 1 unspecified atom stereocenters. The minimum atomic E-state index is -0.876. The number of aromatic nitrogens is 1. The molecule has 0 aliphatic carbocycles. The van der Waals surface area contributed by atoms with Gasteiger partial charge in [-0.3, -0.25) is 4.79 Å². The van der Waals surface area contributed by atoms with Gasteiger partial charge in [-0.15, -0.1) is 11.3 Å². The van der Waals surface area contributed by atoms with Gasteiger partial charge in [0.25, 0.3) is 0 Å². The average molecular weight is 329 g/mol. The molecule has 1 N–H and O–H groups in total. The van der Waals surface area contributed by atoms with Crippen LogP contribution in [0.2, 0.25) is 0 Å². The van der Waals surface area contributed by atoms with E-state index < -0.39 is 11.9 Å². The fraction of sp³-hybridized carbons (Fsp3) is 0.353. The van der Waals surface area contributed by atoms with Gasteiger partial charge in [0.05, 0.1) is 17.7 Å². The van der Waals surface area contributed by atoms with Crippen molar-refractivity contribution in [1.82, 2.24) is 4.98 Å². The number of aryl methyl sites for hydroxylation is 2. The number of rotatable bonds is 6. The summed E-state index contributed by atoms with van der Waals surface area (Å²) >= 11 is 1.43. The number of hydrogen-bond acceptors (Lipinski definition) is 5. The van der Waals surface area contributed by atoms with Crippen LogP contribution < -0.4 is 4.90 Å². The van der Waals surface area contributed by atoms with Crippen molar-refractivity contribution in [3.05, 3.63) is 34.7 Å². The van der Waals surface area contributed by atoms with Crippen molar-refractivity contribution in [1.29, 1.82) is 5.26 Å². The Labute approximate surface area is 139 Å². The van der Waals surface area contributed by atoms with Gasteiger partial charge in [-0.25, -0.2) is 4.98 Å². The summed E-state index contributed by atoms with van der Waals surface area (Å²) in [5, 5.41) is 20.7. The molecular weight excluding hydrogens is 310 g/mol. The number of anilines is 1. The highest BCUT2D eigenvalue weighted by atomic mass is 32.1.